The lowest BCUT2D eigenvalue weighted by Gasteiger charge is -2.11. The smallest absolute Gasteiger partial charge is 0.248 e. The predicted molar refractivity (Wildman–Crippen MR) is 105 cm³/mol. The van der Waals surface area contributed by atoms with Crippen molar-refractivity contribution in [1.29, 1.82) is 0 Å². The molecule has 7 heteroatoms. The SMILES string of the molecule is CCCc1ccc(C(N)=O)cc1Nc1nc(-c2sc(C)nc2C)cs1. The average Bonchev–Trinajstić information content (AvgIpc) is 3.15. The number of benzene rings is 1. The number of hydrogen-bond donors (Lipinski definition) is 2. The summed E-state index contributed by atoms with van der Waals surface area (Å²) < 4.78 is 0. The monoisotopic (exact) mass is 372 g/mol. The number of aromatic nitrogens is 2. The lowest BCUT2D eigenvalue weighted by molar-refractivity contribution is 0.100. The lowest BCUT2D eigenvalue weighted by Crippen LogP contribution is -2.11. The van der Waals surface area contributed by atoms with Crippen molar-refractivity contribution >= 4 is 39.4 Å². The summed E-state index contributed by atoms with van der Waals surface area (Å²) in [5.74, 6) is -0.429. The van der Waals surface area contributed by atoms with Crippen molar-refractivity contribution in [2.75, 3.05) is 5.32 Å². The van der Waals surface area contributed by atoms with Gasteiger partial charge in [0.05, 0.1) is 21.3 Å². The Morgan fingerprint density at radius 1 is 1.28 bits per heavy atom. The predicted octanol–water partition coefficient (Wildman–Crippen LogP) is 4.68. The minimum absolute atomic E-state index is 0.429. The Morgan fingerprint density at radius 3 is 2.72 bits per heavy atom. The van der Waals surface area contributed by atoms with Gasteiger partial charge in [-0.2, -0.15) is 0 Å². The van der Waals surface area contributed by atoms with Gasteiger partial charge in [0.2, 0.25) is 5.91 Å². The average molecular weight is 373 g/mol. The Bertz CT molecular complexity index is 914. The Kier molecular flexibility index (Phi) is 5.15. The first-order valence-corrected chi connectivity index (χ1v) is 9.77. The van der Waals surface area contributed by atoms with E-state index in [-0.39, 0.29) is 0 Å². The Labute approximate surface area is 155 Å². The highest BCUT2D eigenvalue weighted by atomic mass is 32.1. The highest BCUT2D eigenvalue weighted by molar-refractivity contribution is 7.16. The van der Waals surface area contributed by atoms with Gasteiger partial charge in [0, 0.05) is 16.6 Å². The minimum Gasteiger partial charge on any atom is -0.366 e. The second kappa shape index (κ2) is 7.33. The topological polar surface area (TPSA) is 80.9 Å². The molecule has 0 saturated carbocycles. The number of thiazole rings is 2. The molecule has 3 rings (SSSR count). The molecule has 3 N–H and O–H groups in total. The number of carbonyl (C=O) groups is 1. The fourth-order valence-electron chi connectivity index (χ4n) is 2.65. The van der Waals surface area contributed by atoms with E-state index in [0.29, 0.717) is 5.56 Å². The van der Waals surface area contributed by atoms with Crippen LogP contribution in [0.5, 0.6) is 0 Å². The molecule has 0 saturated heterocycles. The molecule has 2 aromatic heterocycles. The van der Waals surface area contributed by atoms with Gasteiger partial charge in [-0.05, 0) is 38.0 Å². The van der Waals surface area contributed by atoms with Crippen LogP contribution in [0.15, 0.2) is 23.6 Å². The minimum atomic E-state index is -0.429. The van der Waals surface area contributed by atoms with E-state index in [0.717, 1.165) is 50.5 Å². The van der Waals surface area contributed by atoms with E-state index < -0.39 is 5.91 Å². The molecule has 2 heterocycles. The zero-order valence-electron chi connectivity index (χ0n) is 14.4. The first-order chi connectivity index (χ1) is 12.0. The van der Waals surface area contributed by atoms with Crippen LogP contribution in [0.25, 0.3) is 10.6 Å². The van der Waals surface area contributed by atoms with Crippen LogP contribution < -0.4 is 11.1 Å². The Hall–Kier alpha value is -2.25. The fraction of sp³-hybridized carbons (Fsp3) is 0.278. The summed E-state index contributed by atoms with van der Waals surface area (Å²) in [6.07, 6.45) is 1.94. The summed E-state index contributed by atoms with van der Waals surface area (Å²) in [7, 11) is 0. The highest BCUT2D eigenvalue weighted by Crippen LogP contribution is 2.33. The number of rotatable bonds is 6. The van der Waals surface area contributed by atoms with Gasteiger partial charge in [-0.3, -0.25) is 4.79 Å². The molecule has 0 spiro atoms. The van der Waals surface area contributed by atoms with Crippen LogP contribution >= 0.6 is 22.7 Å². The number of nitrogens with one attached hydrogen (secondary N) is 1. The molecule has 0 aliphatic carbocycles. The number of aryl methyl sites for hydroxylation is 3. The molecule has 130 valence electrons. The summed E-state index contributed by atoms with van der Waals surface area (Å²) in [6.45, 7) is 6.13. The maximum absolute atomic E-state index is 11.5. The van der Waals surface area contributed by atoms with E-state index in [1.54, 1.807) is 23.5 Å². The van der Waals surface area contributed by atoms with Crippen molar-refractivity contribution in [2.24, 2.45) is 5.73 Å². The standard InChI is InChI=1S/C18H20N4OS2/c1-4-5-12-6-7-13(17(19)23)8-14(12)21-18-22-15(9-24-18)16-10(2)20-11(3)25-16/h6-9H,4-5H2,1-3H3,(H2,19,23)(H,21,22). The Balaban J connectivity index is 1.91. The zero-order valence-corrected chi connectivity index (χ0v) is 16.1. The molecule has 5 nitrogen and oxygen atoms in total. The second-order valence-electron chi connectivity index (χ2n) is 5.80. The van der Waals surface area contributed by atoms with Crippen LogP contribution in [0.2, 0.25) is 0 Å². The van der Waals surface area contributed by atoms with Crippen molar-refractivity contribution in [2.45, 2.75) is 33.6 Å². The maximum Gasteiger partial charge on any atom is 0.248 e. The van der Waals surface area contributed by atoms with Crippen LogP contribution in [0.3, 0.4) is 0 Å². The number of carbonyl (C=O) groups excluding carboxylic acids is 1. The molecule has 0 bridgehead atoms. The van der Waals surface area contributed by atoms with Crippen LogP contribution in [0.4, 0.5) is 10.8 Å². The third kappa shape index (κ3) is 3.88. The molecule has 0 unspecified atom stereocenters. The number of nitrogens with zero attached hydrogens (tertiary/aromatic N) is 2. The van der Waals surface area contributed by atoms with Crippen LogP contribution in [-0.2, 0) is 6.42 Å². The van der Waals surface area contributed by atoms with Crippen LogP contribution in [0, 0.1) is 13.8 Å². The number of amides is 1. The highest BCUT2D eigenvalue weighted by Gasteiger charge is 2.13. The summed E-state index contributed by atoms with van der Waals surface area (Å²) in [4.78, 5) is 21.7. The quantitative estimate of drug-likeness (QED) is 0.658. The first-order valence-electron chi connectivity index (χ1n) is 8.07. The first kappa shape index (κ1) is 17.6. The van der Waals surface area contributed by atoms with Crippen LogP contribution in [0.1, 0.15) is 40.0 Å². The summed E-state index contributed by atoms with van der Waals surface area (Å²) in [6, 6.07) is 5.53. The summed E-state index contributed by atoms with van der Waals surface area (Å²) >= 11 is 3.19. The summed E-state index contributed by atoms with van der Waals surface area (Å²) in [5.41, 5.74) is 9.87. The van der Waals surface area contributed by atoms with Gasteiger partial charge >= 0.3 is 0 Å². The third-order valence-electron chi connectivity index (χ3n) is 3.80. The Morgan fingerprint density at radius 2 is 2.08 bits per heavy atom. The maximum atomic E-state index is 11.5. The molecule has 3 aromatic rings. The molecular weight excluding hydrogens is 352 g/mol. The van der Waals surface area contributed by atoms with Gasteiger partial charge in [0.25, 0.3) is 0 Å². The number of primary amides is 1. The molecule has 0 aliphatic rings. The van der Waals surface area contributed by atoms with E-state index in [9.17, 15) is 4.79 Å². The van der Waals surface area contributed by atoms with Crippen molar-refractivity contribution in [3.05, 3.63) is 45.4 Å². The summed E-state index contributed by atoms with van der Waals surface area (Å²) in [5, 5.41) is 7.21. The lowest BCUT2D eigenvalue weighted by atomic mass is 10.0. The molecular formula is C18H20N4OS2. The number of anilines is 2. The molecule has 25 heavy (non-hydrogen) atoms. The third-order valence-corrected chi connectivity index (χ3v) is 5.65. The van der Waals surface area contributed by atoms with E-state index in [1.165, 1.54) is 11.3 Å². The van der Waals surface area contributed by atoms with Crippen molar-refractivity contribution in [1.82, 2.24) is 9.97 Å². The van der Waals surface area contributed by atoms with Gasteiger partial charge < -0.3 is 11.1 Å². The molecule has 0 fully saturated rings. The van der Waals surface area contributed by atoms with Crippen molar-refractivity contribution < 1.29 is 4.79 Å². The molecule has 0 aliphatic heterocycles. The zero-order chi connectivity index (χ0) is 18.0. The fourth-order valence-corrected chi connectivity index (χ4v) is 4.32. The second-order valence-corrected chi connectivity index (χ2v) is 7.86. The van der Waals surface area contributed by atoms with E-state index in [2.05, 4.69) is 22.2 Å². The van der Waals surface area contributed by atoms with Crippen molar-refractivity contribution in [3.8, 4) is 10.6 Å². The van der Waals surface area contributed by atoms with E-state index in [4.69, 9.17) is 5.73 Å². The molecule has 0 radical (unpaired) electrons. The van der Waals surface area contributed by atoms with Gasteiger partial charge in [-0.25, -0.2) is 9.97 Å². The van der Waals surface area contributed by atoms with Crippen LogP contribution in [-0.4, -0.2) is 15.9 Å². The number of hydrogen-bond acceptors (Lipinski definition) is 6. The molecule has 1 aromatic carbocycles. The van der Waals surface area contributed by atoms with Gasteiger partial charge in [0.1, 0.15) is 0 Å². The normalized spacial score (nSPS) is 10.8. The van der Waals surface area contributed by atoms with Crippen molar-refractivity contribution in [3.63, 3.8) is 0 Å². The van der Waals surface area contributed by atoms with Gasteiger partial charge in [0.15, 0.2) is 5.13 Å². The van der Waals surface area contributed by atoms with E-state index >= 15 is 0 Å². The van der Waals surface area contributed by atoms with E-state index in [1.807, 2.05) is 25.3 Å². The molecule has 1 amide bonds. The van der Waals surface area contributed by atoms with Gasteiger partial charge in [-0.15, -0.1) is 22.7 Å². The number of nitrogens with two attached hydrogens (primary N) is 1. The molecule has 0 atom stereocenters. The largest absolute Gasteiger partial charge is 0.366 e. The van der Waals surface area contributed by atoms with Gasteiger partial charge in [-0.1, -0.05) is 19.4 Å².